The van der Waals surface area contributed by atoms with Crippen molar-refractivity contribution in [2.24, 2.45) is 0 Å². The standard InChI is InChI=1S/C17H12ClNO6/c1-24-9-4-2-8(3-5-9)14-15(17(22)23)19-25-16(14)10-6-11(18)13(21)7-12(10)20/h2-7,20-21H,1H3,(H,22,23). The Kier molecular flexibility index (Phi) is 4.24. The number of phenols is 2. The van der Waals surface area contributed by atoms with Crippen LogP contribution in [0, 0.1) is 0 Å². The van der Waals surface area contributed by atoms with Crippen LogP contribution in [-0.2, 0) is 0 Å². The minimum absolute atomic E-state index is 0.0157. The fourth-order valence-electron chi connectivity index (χ4n) is 2.38. The van der Waals surface area contributed by atoms with Crippen molar-refractivity contribution in [1.29, 1.82) is 0 Å². The zero-order chi connectivity index (χ0) is 18.1. The van der Waals surface area contributed by atoms with E-state index in [0.29, 0.717) is 11.3 Å². The molecule has 0 atom stereocenters. The van der Waals surface area contributed by atoms with Crippen molar-refractivity contribution in [3.8, 4) is 39.7 Å². The lowest BCUT2D eigenvalue weighted by molar-refractivity contribution is 0.0686. The summed E-state index contributed by atoms with van der Waals surface area (Å²) in [5.74, 6) is -1.32. The van der Waals surface area contributed by atoms with Gasteiger partial charge in [0, 0.05) is 6.07 Å². The molecule has 0 spiro atoms. The maximum absolute atomic E-state index is 11.5. The number of methoxy groups -OCH3 is 1. The monoisotopic (exact) mass is 361 g/mol. The summed E-state index contributed by atoms with van der Waals surface area (Å²) in [6.07, 6.45) is 0. The molecule has 0 bridgehead atoms. The van der Waals surface area contributed by atoms with Gasteiger partial charge in [0.1, 0.15) is 17.2 Å². The van der Waals surface area contributed by atoms with Crippen LogP contribution in [0.3, 0.4) is 0 Å². The first-order chi connectivity index (χ1) is 11.9. The molecule has 128 valence electrons. The number of phenolic OH excluding ortho intramolecular Hbond substituents is 2. The number of aromatic hydroxyl groups is 2. The molecule has 0 aliphatic carbocycles. The Morgan fingerprint density at radius 3 is 2.44 bits per heavy atom. The second-order valence-corrected chi connectivity index (χ2v) is 5.50. The number of carbonyl (C=O) groups is 1. The zero-order valence-electron chi connectivity index (χ0n) is 12.9. The zero-order valence-corrected chi connectivity index (χ0v) is 13.6. The van der Waals surface area contributed by atoms with Crippen molar-refractivity contribution < 1.29 is 29.4 Å². The largest absolute Gasteiger partial charge is 0.507 e. The molecule has 0 fully saturated rings. The third-order valence-electron chi connectivity index (χ3n) is 3.58. The van der Waals surface area contributed by atoms with Gasteiger partial charge in [0.25, 0.3) is 0 Å². The van der Waals surface area contributed by atoms with Gasteiger partial charge < -0.3 is 24.6 Å². The lowest BCUT2D eigenvalue weighted by atomic mass is 9.98. The Hall–Kier alpha value is -3.19. The predicted octanol–water partition coefficient (Wildman–Crippen LogP) is 3.78. The van der Waals surface area contributed by atoms with E-state index < -0.39 is 5.97 Å². The topological polar surface area (TPSA) is 113 Å². The Balaban J connectivity index is 2.25. The molecule has 0 saturated heterocycles. The Labute approximate surface area is 146 Å². The average molecular weight is 362 g/mol. The van der Waals surface area contributed by atoms with E-state index in [1.165, 1.54) is 13.2 Å². The van der Waals surface area contributed by atoms with Crippen molar-refractivity contribution in [2.45, 2.75) is 0 Å². The number of carboxylic acids is 1. The van der Waals surface area contributed by atoms with Crippen LogP contribution in [-0.4, -0.2) is 33.6 Å². The molecule has 7 nitrogen and oxygen atoms in total. The number of aromatic nitrogens is 1. The molecule has 3 rings (SSSR count). The molecule has 2 aromatic carbocycles. The smallest absolute Gasteiger partial charge is 0.358 e. The normalized spacial score (nSPS) is 10.6. The van der Waals surface area contributed by atoms with Crippen molar-refractivity contribution in [3.63, 3.8) is 0 Å². The molecule has 1 heterocycles. The van der Waals surface area contributed by atoms with Gasteiger partial charge in [-0.25, -0.2) is 4.79 Å². The first kappa shape index (κ1) is 16.7. The molecule has 0 amide bonds. The maximum atomic E-state index is 11.5. The predicted molar refractivity (Wildman–Crippen MR) is 89.2 cm³/mol. The fraction of sp³-hybridized carbons (Fsp3) is 0.0588. The Morgan fingerprint density at radius 1 is 1.16 bits per heavy atom. The van der Waals surface area contributed by atoms with Gasteiger partial charge in [0.2, 0.25) is 0 Å². The molecule has 0 radical (unpaired) electrons. The average Bonchev–Trinajstić information content (AvgIpc) is 3.03. The highest BCUT2D eigenvalue weighted by atomic mass is 35.5. The van der Waals surface area contributed by atoms with Crippen LogP contribution in [0.1, 0.15) is 10.5 Å². The van der Waals surface area contributed by atoms with Crippen LogP contribution < -0.4 is 4.74 Å². The van der Waals surface area contributed by atoms with E-state index in [-0.39, 0.29) is 39.1 Å². The van der Waals surface area contributed by atoms with Gasteiger partial charge in [-0.05, 0) is 23.8 Å². The second-order valence-electron chi connectivity index (χ2n) is 5.09. The van der Waals surface area contributed by atoms with Gasteiger partial charge in [-0.2, -0.15) is 0 Å². The number of ether oxygens (including phenoxy) is 1. The summed E-state index contributed by atoms with van der Waals surface area (Å²) < 4.78 is 10.3. The van der Waals surface area contributed by atoms with Gasteiger partial charge in [-0.15, -0.1) is 0 Å². The molecule has 0 unspecified atom stereocenters. The number of benzene rings is 2. The van der Waals surface area contributed by atoms with Crippen LogP contribution in [0.4, 0.5) is 0 Å². The van der Waals surface area contributed by atoms with Crippen LogP contribution in [0.5, 0.6) is 17.2 Å². The summed E-state index contributed by atoms with van der Waals surface area (Å²) >= 11 is 5.89. The summed E-state index contributed by atoms with van der Waals surface area (Å²) in [5, 5.41) is 32.6. The van der Waals surface area contributed by atoms with Gasteiger partial charge in [-0.3, -0.25) is 0 Å². The minimum atomic E-state index is -1.29. The van der Waals surface area contributed by atoms with Crippen LogP contribution in [0.25, 0.3) is 22.5 Å². The summed E-state index contributed by atoms with van der Waals surface area (Å²) in [6.45, 7) is 0. The number of hydrogen-bond acceptors (Lipinski definition) is 6. The number of aromatic carboxylic acids is 1. The number of hydrogen-bond donors (Lipinski definition) is 3. The van der Waals surface area contributed by atoms with Crippen LogP contribution in [0.15, 0.2) is 40.9 Å². The molecule has 8 heteroatoms. The molecular weight excluding hydrogens is 350 g/mol. The van der Waals surface area contributed by atoms with E-state index in [9.17, 15) is 20.1 Å². The van der Waals surface area contributed by atoms with E-state index in [0.717, 1.165) is 6.07 Å². The third kappa shape index (κ3) is 2.97. The lowest BCUT2D eigenvalue weighted by Crippen LogP contribution is -1.99. The van der Waals surface area contributed by atoms with Crippen molar-refractivity contribution in [2.75, 3.05) is 7.11 Å². The Morgan fingerprint density at radius 2 is 1.84 bits per heavy atom. The minimum Gasteiger partial charge on any atom is -0.507 e. The molecule has 3 N–H and O–H groups in total. The van der Waals surface area contributed by atoms with Crippen molar-refractivity contribution in [3.05, 3.63) is 47.1 Å². The number of nitrogens with zero attached hydrogens (tertiary/aromatic N) is 1. The van der Waals surface area contributed by atoms with Gasteiger partial charge in [0.15, 0.2) is 11.5 Å². The fourth-order valence-corrected chi connectivity index (χ4v) is 2.54. The molecule has 3 aromatic rings. The molecule has 1 aromatic heterocycles. The van der Waals surface area contributed by atoms with E-state index in [2.05, 4.69) is 5.16 Å². The van der Waals surface area contributed by atoms with E-state index in [4.69, 9.17) is 20.9 Å². The lowest BCUT2D eigenvalue weighted by Gasteiger charge is -2.07. The molecular formula is C17H12ClNO6. The molecule has 0 aliphatic heterocycles. The van der Waals surface area contributed by atoms with Crippen molar-refractivity contribution in [1.82, 2.24) is 5.16 Å². The summed E-state index contributed by atoms with van der Waals surface area (Å²) in [5.41, 5.74) is 0.461. The Bertz CT molecular complexity index is 949. The van der Waals surface area contributed by atoms with Gasteiger partial charge in [-0.1, -0.05) is 28.9 Å². The van der Waals surface area contributed by atoms with Gasteiger partial charge in [0.05, 0.1) is 23.3 Å². The molecule has 25 heavy (non-hydrogen) atoms. The highest BCUT2D eigenvalue weighted by Crippen LogP contribution is 2.42. The second kappa shape index (κ2) is 6.37. The quantitative estimate of drug-likeness (QED) is 0.648. The highest BCUT2D eigenvalue weighted by Gasteiger charge is 2.26. The summed E-state index contributed by atoms with van der Waals surface area (Å²) in [4.78, 5) is 11.5. The van der Waals surface area contributed by atoms with E-state index >= 15 is 0 Å². The summed E-state index contributed by atoms with van der Waals surface area (Å²) in [6, 6.07) is 8.90. The number of rotatable bonds is 4. The van der Waals surface area contributed by atoms with Crippen LogP contribution in [0.2, 0.25) is 5.02 Å². The van der Waals surface area contributed by atoms with Crippen molar-refractivity contribution >= 4 is 17.6 Å². The van der Waals surface area contributed by atoms with E-state index in [1.807, 2.05) is 0 Å². The number of halogens is 1. The first-order valence-electron chi connectivity index (χ1n) is 7.01. The highest BCUT2D eigenvalue weighted by molar-refractivity contribution is 6.32. The SMILES string of the molecule is COc1ccc(-c2c(C(=O)O)noc2-c2cc(Cl)c(O)cc2O)cc1. The first-order valence-corrected chi connectivity index (χ1v) is 7.39. The summed E-state index contributed by atoms with van der Waals surface area (Å²) in [7, 11) is 1.51. The van der Waals surface area contributed by atoms with E-state index in [1.54, 1.807) is 24.3 Å². The molecule has 0 aliphatic rings. The van der Waals surface area contributed by atoms with Gasteiger partial charge >= 0.3 is 5.97 Å². The maximum Gasteiger partial charge on any atom is 0.358 e. The number of carboxylic acid groups (broad SMARTS) is 1. The van der Waals surface area contributed by atoms with Crippen LogP contribution >= 0.6 is 11.6 Å². The third-order valence-corrected chi connectivity index (χ3v) is 3.89. The molecule has 0 saturated carbocycles.